The fraction of sp³-hybridized carbons (Fsp3) is 1.00. The van der Waals surface area contributed by atoms with E-state index in [0.29, 0.717) is 6.04 Å². The van der Waals surface area contributed by atoms with Crippen molar-refractivity contribution in [3.63, 3.8) is 0 Å². The van der Waals surface area contributed by atoms with Gasteiger partial charge in [-0.25, -0.2) is 0 Å². The van der Waals surface area contributed by atoms with Crippen molar-refractivity contribution >= 4 is 10.8 Å². The smallest absolute Gasteiger partial charge is 0.0441 e. The zero-order valence-electron chi connectivity index (χ0n) is 10.5. The minimum absolute atomic E-state index is 0.275. The van der Waals surface area contributed by atoms with Crippen LogP contribution in [-0.2, 0) is 10.8 Å². The predicted molar refractivity (Wildman–Crippen MR) is 67.5 cm³/mol. The molecule has 1 saturated carbocycles. The van der Waals surface area contributed by atoms with Gasteiger partial charge >= 0.3 is 0 Å². The Morgan fingerprint density at radius 3 is 2.60 bits per heavy atom. The minimum atomic E-state index is -0.695. The van der Waals surface area contributed by atoms with Crippen LogP contribution >= 0.6 is 0 Å². The summed E-state index contributed by atoms with van der Waals surface area (Å²) in [5, 5.41) is 3.85. The van der Waals surface area contributed by atoms with Gasteiger partial charge in [-0.15, -0.1) is 0 Å². The molecule has 1 aliphatic rings. The lowest BCUT2D eigenvalue weighted by molar-refractivity contribution is 0.229. The van der Waals surface area contributed by atoms with Crippen LogP contribution in [0.5, 0.6) is 0 Å². The summed E-state index contributed by atoms with van der Waals surface area (Å²) in [6, 6.07) is 0.646. The largest absolute Gasteiger partial charge is 0.313 e. The summed E-state index contributed by atoms with van der Waals surface area (Å²) >= 11 is 0. The van der Waals surface area contributed by atoms with Crippen molar-refractivity contribution < 1.29 is 4.21 Å². The first-order valence-electron chi connectivity index (χ1n) is 6.06. The van der Waals surface area contributed by atoms with Crippen LogP contribution in [0.15, 0.2) is 0 Å². The third-order valence-electron chi connectivity index (χ3n) is 3.67. The molecule has 0 aromatic carbocycles. The topological polar surface area (TPSA) is 29.1 Å². The lowest BCUT2D eigenvalue weighted by atomic mass is 9.80. The van der Waals surface area contributed by atoms with E-state index >= 15 is 0 Å². The summed E-state index contributed by atoms with van der Waals surface area (Å²) in [5.41, 5.74) is 0. The molecule has 90 valence electrons. The summed E-state index contributed by atoms with van der Waals surface area (Å²) < 4.78 is 11.2. The molecule has 0 aromatic rings. The summed E-state index contributed by atoms with van der Waals surface area (Å²) in [6.07, 6.45) is 5.75. The lowest BCUT2D eigenvalue weighted by Gasteiger charge is -2.33. The third-order valence-corrected chi connectivity index (χ3v) is 4.97. The fourth-order valence-corrected chi connectivity index (χ4v) is 2.73. The molecule has 0 aliphatic heterocycles. The minimum Gasteiger partial charge on any atom is -0.313 e. The summed E-state index contributed by atoms with van der Waals surface area (Å²) in [7, 11) is -0.695. The summed E-state index contributed by atoms with van der Waals surface area (Å²) in [4.78, 5) is 0. The van der Waals surface area contributed by atoms with Crippen LogP contribution in [0.4, 0.5) is 0 Å². The first-order chi connectivity index (χ1) is 7.00. The van der Waals surface area contributed by atoms with Gasteiger partial charge < -0.3 is 5.32 Å². The average Bonchev–Trinajstić information content (AvgIpc) is 2.15. The van der Waals surface area contributed by atoms with Gasteiger partial charge in [-0.1, -0.05) is 13.8 Å². The molecule has 0 saturated heterocycles. The van der Waals surface area contributed by atoms with Gasteiger partial charge in [-0.05, 0) is 38.0 Å². The SMILES string of the molecule is C[C@@H]1CC[C@H](NC[C@H](C)[S@](C)=O)[C@H](C)C1. The maximum absolute atomic E-state index is 11.2. The highest BCUT2D eigenvalue weighted by Crippen LogP contribution is 2.28. The van der Waals surface area contributed by atoms with E-state index in [0.717, 1.165) is 18.4 Å². The quantitative estimate of drug-likeness (QED) is 0.803. The molecule has 0 radical (unpaired) electrons. The maximum atomic E-state index is 11.2. The van der Waals surface area contributed by atoms with E-state index in [2.05, 4.69) is 26.1 Å². The zero-order chi connectivity index (χ0) is 11.4. The highest BCUT2D eigenvalue weighted by atomic mass is 32.2. The first kappa shape index (κ1) is 13.2. The molecule has 0 spiro atoms. The molecule has 2 nitrogen and oxygen atoms in total. The molecule has 0 amide bonds. The molecule has 0 unspecified atom stereocenters. The molecule has 15 heavy (non-hydrogen) atoms. The van der Waals surface area contributed by atoms with Crippen molar-refractivity contribution in [2.24, 2.45) is 11.8 Å². The molecule has 1 N–H and O–H groups in total. The number of rotatable bonds is 4. The van der Waals surface area contributed by atoms with Crippen molar-refractivity contribution in [3.8, 4) is 0 Å². The molecule has 1 rings (SSSR count). The predicted octanol–water partition coefficient (Wildman–Crippen LogP) is 2.17. The van der Waals surface area contributed by atoms with Crippen molar-refractivity contribution in [1.29, 1.82) is 0 Å². The molecule has 5 atom stereocenters. The Hall–Kier alpha value is 0.110. The van der Waals surface area contributed by atoms with Crippen molar-refractivity contribution in [1.82, 2.24) is 5.32 Å². The van der Waals surface area contributed by atoms with E-state index in [9.17, 15) is 4.21 Å². The van der Waals surface area contributed by atoms with Gasteiger partial charge in [0.05, 0.1) is 0 Å². The standard InChI is InChI=1S/C12H25NOS/c1-9-5-6-12(10(2)7-9)13-8-11(3)15(4)14/h9-13H,5-8H2,1-4H3/t9-,10-,11+,12+,15+/m1/s1. The van der Waals surface area contributed by atoms with Gasteiger partial charge in [0.1, 0.15) is 0 Å². The Kier molecular flexibility index (Phi) is 5.27. The van der Waals surface area contributed by atoms with Crippen molar-refractivity contribution in [2.75, 3.05) is 12.8 Å². The highest BCUT2D eigenvalue weighted by Gasteiger charge is 2.25. The Bertz CT molecular complexity index is 220. The Morgan fingerprint density at radius 2 is 2.07 bits per heavy atom. The molecule has 0 aromatic heterocycles. The second-order valence-corrected chi connectivity index (χ2v) is 7.02. The molecule has 0 bridgehead atoms. The van der Waals surface area contributed by atoms with E-state index in [1.807, 2.05) is 0 Å². The van der Waals surface area contributed by atoms with E-state index < -0.39 is 10.8 Å². The van der Waals surface area contributed by atoms with Crippen LogP contribution in [0.3, 0.4) is 0 Å². The van der Waals surface area contributed by atoms with Gasteiger partial charge in [0, 0.05) is 34.9 Å². The van der Waals surface area contributed by atoms with Crippen molar-refractivity contribution in [2.45, 2.75) is 51.3 Å². The number of hydrogen-bond acceptors (Lipinski definition) is 2. The second-order valence-electron chi connectivity index (χ2n) is 5.22. The Balaban J connectivity index is 2.29. The number of hydrogen-bond donors (Lipinski definition) is 1. The zero-order valence-corrected chi connectivity index (χ0v) is 11.3. The lowest BCUT2D eigenvalue weighted by Crippen LogP contribution is -2.42. The summed E-state index contributed by atoms with van der Waals surface area (Å²) in [5.74, 6) is 1.65. The maximum Gasteiger partial charge on any atom is 0.0441 e. The van der Waals surface area contributed by atoms with Crippen LogP contribution in [0.2, 0.25) is 0 Å². The van der Waals surface area contributed by atoms with E-state index in [-0.39, 0.29) is 5.25 Å². The van der Waals surface area contributed by atoms with E-state index in [1.165, 1.54) is 19.3 Å². The Labute approximate surface area is 96.7 Å². The monoisotopic (exact) mass is 231 g/mol. The summed E-state index contributed by atoms with van der Waals surface area (Å²) in [6.45, 7) is 7.63. The molecular weight excluding hydrogens is 206 g/mol. The van der Waals surface area contributed by atoms with Crippen LogP contribution in [0.25, 0.3) is 0 Å². The molecular formula is C12H25NOS. The highest BCUT2D eigenvalue weighted by molar-refractivity contribution is 7.84. The number of nitrogens with one attached hydrogen (secondary N) is 1. The van der Waals surface area contributed by atoms with E-state index in [4.69, 9.17) is 0 Å². The first-order valence-corrected chi connectivity index (χ1v) is 7.68. The fourth-order valence-electron chi connectivity index (χ4n) is 2.40. The van der Waals surface area contributed by atoms with Gasteiger partial charge in [0.15, 0.2) is 0 Å². The molecule has 0 heterocycles. The van der Waals surface area contributed by atoms with Crippen LogP contribution in [0.1, 0.15) is 40.0 Å². The molecule has 3 heteroatoms. The van der Waals surface area contributed by atoms with Gasteiger partial charge in [-0.3, -0.25) is 4.21 Å². The van der Waals surface area contributed by atoms with Crippen molar-refractivity contribution in [3.05, 3.63) is 0 Å². The van der Waals surface area contributed by atoms with Crippen LogP contribution < -0.4 is 5.32 Å². The third kappa shape index (κ3) is 4.23. The molecule has 1 aliphatic carbocycles. The van der Waals surface area contributed by atoms with Gasteiger partial charge in [0.25, 0.3) is 0 Å². The average molecular weight is 231 g/mol. The van der Waals surface area contributed by atoms with Crippen LogP contribution in [0, 0.1) is 11.8 Å². The van der Waals surface area contributed by atoms with Crippen LogP contribution in [-0.4, -0.2) is 28.3 Å². The Morgan fingerprint density at radius 1 is 1.40 bits per heavy atom. The molecule has 1 fully saturated rings. The normalized spacial score (nSPS) is 36.1. The van der Waals surface area contributed by atoms with Gasteiger partial charge in [0.2, 0.25) is 0 Å². The second kappa shape index (κ2) is 6.00. The van der Waals surface area contributed by atoms with E-state index in [1.54, 1.807) is 6.26 Å². The van der Waals surface area contributed by atoms with Gasteiger partial charge in [-0.2, -0.15) is 0 Å².